The van der Waals surface area contributed by atoms with Crippen LogP contribution >= 0.6 is 15.9 Å². The van der Waals surface area contributed by atoms with E-state index in [2.05, 4.69) is 71.3 Å². The molecule has 1 saturated heterocycles. The SMILES string of the molecule is CNC(Cc1ccccc1Br)C(C)(C)N1CCCCCC1. The van der Waals surface area contributed by atoms with Crippen LogP contribution in [0.5, 0.6) is 0 Å². The Morgan fingerprint density at radius 2 is 1.76 bits per heavy atom. The molecule has 1 heterocycles. The highest BCUT2D eigenvalue weighted by atomic mass is 79.9. The van der Waals surface area contributed by atoms with Crippen LogP contribution in [0.3, 0.4) is 0 Å². The zero-order valence-corrected chi connectivity index (χ0v) is 15.2. The molecule has 118 valence electrons. The minimum atomic E-state index is 0.175. The molecule has 0 aromatic heterocycles. The lowest BCUT2D eigenvalue weighted by Crippen LogP contribution is -2.58. The van der Waals surface area contributed by atoms with E-state index in [0.29, 0.717) is 6.04 Å². The van der Waals surface area contributed by atoms with Gasteiger partial charge in [-0.2, -0.15) is 0 Å². The van der Waals surface area contributed by atoms with Crippen LogP contribution in [-0.4, -0.2) is 36.6 Å². The first-order valence-corrected chi connectivity index (χ1v) is 9.00. The first-order chi connectivity index (χ1) is 10.1. The summed E-state index contributed by atoms with van der Waals surface area (Å²) in [5.74, 6) is 0. The van der Waals surface area contributed by atoms with Crippen molar-refractivity contribution in [1.29, 1.82) is 0 Å². The maximum Gasteiger partial charge on any atom is 0.0309 e. The lowest BCUT2D eigenvalue weighted by Gasteiger charge is -2.44. The molecule has 2 nitrogen and oxygen atoms in total. The molecule has 1 aliphatic rings. The van der Waals surface area contributed by atoms with Gasteiger partial charge in [0, 0.05) is 16.1 Å². The maximum absolute atomic E-state index is 3.69. The number of likely N-dealkylation sites (N-methyl/N-ethyl adjacent to an activating group) is 1. The topological polar surface area (TPSA) is 15.3 Å². The molecule has 1 aromatic carbocycles. The number of likely N-dealkylation sites (tertiary alicyclic amines) is 1. The molecule has 1 unspecified atom stereocenters. The summed E-state index contributed by atoms with van der Waals surface area (Å²) in [6.07, 6.45) is 6.52. The minimum Gasteiger partial charge on any atom is -0.315 e. The van der Waals surface area contributed by atoms with E-state index < -0.39 is 0 Å². The molecule has 0 bridgehead atoms. The van der Waals surface area contributed by atoms with E-state index in [0.717, 1.165) is 6.42 Å². The van der Waals surface area contributed by atoms with Gasteiger partial charge in [0.15, 0.2) is 0 Å². The Labute approximate surface area is 138 Å². The standard InChI is InChI=1S/C18H29BrN2/c1-18(2,21-12-8-4-5-9-13-21)17(20-3)14-15-10-6-7-11-16(15)19/h6-7,10-11,17,20H,4-5,8-9,12-14H2,1-3H3. The van der Waals surface area contributed by atoms with Gasteiger partial charge in [-0.15, -0.1) is 0 Å². The Balaban J connectivity index is 2.12. The second-order valence-electron chi connectivity index (χ2n) is 6.69. The average molecular weight is 353 g/mol. The molecule has 0 spiro atoms. The van der Waals surface area contributed by atoms with Gasteiger partial charge in [-0.3, -0.25) is 4.90 Å². The zero-order valence-electron chi connectivity index (χ0n) is 13.7. The number of hydrogen-bond donors (Lipinski definition) is 1. The van der Waals surface area contributed by atoms with Gasteiger partial charge in [0.05, 0.1) is 0 Å². The monoisotopic (exact) mass is 352 g/mol. The van der Waals surface area contributed by atoms with Gasteiger partial charge in [-0.1, -0.05) is 47.0 Å². The third-order valence-electron chi connectivity index (χ3n) is 5.00. The highest BCUT2D eigenvalue weighted by Crippen LogP contribution is 2.27. The molecule has 0 saturated carbocycles. The Morgan fingerprint density at radius 3 is 2.33 bits per heavy atom. The van der Waals surface area contributed by atoms with Crippen molar-refractivity contribution in [2.24, 2.45) is 0 Å². The Hall–Kier alpha value is -0.380. The largest absolute Gasteiger partial charge is 0.315 e. The van der Waals surface area contributed by atoms with Gasteiger partial charge in [-0.25, -0.2) is 0 Å². The summed E-state index contributed by atoms with van der Waals surface area (Å²) in [5, 5.41) is 3.57. The number of nitrogens with zero attached hydrogens (tertiary/aromatic N) is 1. The fourth-order valence-corrected chi connectivity index (χ4v) is 3.90. The average Bonchev–Trinajstić information content (AvgIpc) is 2.75. The summed E-state index contributed by atoms with van der Waals surface area (Å²) in [6.45, 7) is 7.27. The van der Waals surface area contributed by atoms with Crippen molar-refractivity contribution >= 4 is 15.9 Å². The van der Waals surface area contributed by atoms with E-state index in [4.69, 9.17) is 0 Å². The molecule has 2 rings (SSSR count). The van der Waals surface area contributed by atoms with Gasteiger partial charge >= 0.3 is 0 Å². The summed E-state index contributed by atoms with van der Waals surface area (Å²) < 4.78 is 1.22. The highest BCUT2D eigenvalue weighted by Gasteiger charge is 2.34. The van der Waals surface area contributed by atoms with Crippen LogP contribution in [0.25, 0.3) is 0 Å². The van der Waals surface area contributed by atoms with Crippen molar-refractivity contribution in [1.82, 2.24) is 10.2 Å². The zero-order chi connectivity index (χ0) is 15.3. The van der Waals surface area contributed by atoms with Gasteiger partial charge in [0.1, 0.15) is 0 Å². The summed E-state index contributed by atoms with van der Waals surface area (Å²) >= 11 is 3.69. The van der Waals surface area contributed by atoms with Crippen molar-refractivity contribution in [3.8, 4) is 0 Å². The number of hydrogen-bond acceptors (Lipinski definition) is 2. The maximum atomic E-state index is 3.69. The van der Waals surface area contributed by atoms with E-state index >= 15 is 0 Å². The van der Waals surface area contributed by atoms with Crippen LogP contribution in [0.15, 0.2) is 28.7 Å². The molecular weight excluding hydrogens is 324 g/mol. The molecule has 1 aromatic rings. The first-order valence-electron chi connectivity index (χ1n) is 8.21. The van der Waals surface area contributed by atoms with Gasteiger partial charge in [0.2, 0.25) is 0 Å². The summed E-state index contributed by atoms with van der Waals surface area (Å²) in [5.41, 5.74) is 1.56. The Kier molecular flexibility index (Phi) is 6.27. The van der Waals surface area contributed by atoms with Crippen LogP contribution in [-0.2, 0) is 6.42 Å². The van der Waals surface area contributed by atoms with Crippen LogP contribution in [0, 0.1) is 0 Å². The fourth-order valence-electron chi connectivity index (χ4n) is 3.46. The van der Waals surface area contributed by atoms with Crippen LogP contribution < -0.4 is 5.32 Å². The first kappa shape index (κ1) is 17.0. The van der Waals surface area contributed by atoms with E-state index in [1.54, 1.807) is 0 Å². The molecular formula is C18H29BrN2. The predicted molar refractivity (Wildman–Crippen MR) is 94.8 cm³/mol. The van der Waals surface area contributed by atoms with Crippen LogP contribution in [0.4, 0.5) is 0 Å². The molecule has 1 fully saturated rings. The lowest BCUT2D eigenvalue weighted by molar-refractivity contribution is 0.0864. The Morgan fingerprint density at radius 1 is 1.14 bits per heavy atom. The van der Waals surface area contributed by atoms with E-state index in [9.17, 15) is 0 Å². The third-order valence-corrected chi connectivity index (χ3v) is 5.78. The van der Waals surface area contributed by atoms with Crippen LogP contribution in [0.1, 0.15) is 45.1 Å². The predicted octanol–water partition coefficient (Wildman–Crippen LogP) is 4.23. The molecule has 21 heavy (non-hydrogen) atoms. The molecule has 1 aliphatic heterocycles. The van der Waals surface area contributed by atoms with E-state index in [1.807, 2.05) is 0 Å². The lowest BCUT2D eigenvalue weighted by atomic mass is 9.87. The number of nitrogens with one attached hydrogen (secondary N) is 1. The van der Waals surface area contributed by atoms with E-state index in [-0.39, 0.29) is 5.54 Å². The van der Waals surface area contributed by atoms with E-state index in [1.165, 1.54) is 48.8 Å². The third kappa shape index (κ3) is 4.30. The summed E-state index contributed by atoms with van der Waals surface area (Å²) in [6, 6.07) is 9.04. The fraction of sp³-hybridized carbons (Fsp3) is 0.667. The summed E-state index contributed by atoms with van der Waals surface area (Å²) in [7, 11) is 2.10. The number of halogens is 1. The molecule has 0 aliphatic carbocycles. The molecule has 1 N–H and O–H groups in total. The van der Waals surface area contributed by atoms with Gasteiger partial charge in [0.25, 0.3) is 0 Å². The normalized spacial score (nSPS) is 19.2. The molecule has 0 amide bonds. The summed E-state index contributed by atoms with van der Waals surface area (Å²) in [4.78, 5) is 2.69. The second kappa shape index (κ2) is 7.75. The molecule has 0 radical (unpaired) electrons. The van der Waals surface area contributed by atoms with Crippen molar-refractivity contribution < 1.29 is 0 Å². The molecule has 1 atom stereocenters. The second-order valence-corrected chi connectivity index (χ2v) is 7.55. The van der Waals surface area contributed by atoms with Crippen LogP contribution in [0.2, 0.25) is 0 Å². The molecule has 3 heteroatoms. The minimum absolute atomic E-state index is 0.175. The van der Waals surface area contributed by atoms with Crippen molar-refractivity contribution in [3.05, 3.63) is 34.3 Å². The van der Waals surface area contributed by atoms with Crippen molar-refractivity contribution in [2.75, 3.05) is 20.1 Å². The Bertz CT molecular complexity index is 437. The smallest absolute Gasteiger partial charge is 0.0309 e. The number of benzene rings is 1. The van der Waals surface area contributed by atoms with Crippen molar-refractivity contribution in [3.63, 3.8) is 0 Å². The quantitative estimate of drug-likeness (QED) is 0.852. The van der Waals surface area contributed by atoms with Gasteiger partial charge < -0.3 is 5.32 Å². The van der Waals surface area contributed by atoms with Gasteiger partial charge in [-0.05, 0) is 64.9 Å². The number of rotatable bonds is 5. The highest BCUT2D eigenvalue weighted by molar-refractivity contribution is 9.10. The van der Waals surface area contributed by atoms with Crippen molar-refractivity contribution in [2.45, 2.75) is 57.5 Å².